The van der Waals surface area contributed by atoms with E-state index in [-0.39, 0.29) is 55.8 Å². The van der Waals surface area contributed by atoms with E-state index in [2.05, 4.69) is 74.7 Å². The summed E-state index contributed by atoms with van der Waals surface area (Å²) >= 11 is 1.61. The van der Waals surface area contributed by atoms with Gasteiger partial charge in [0.15, 0.2) is 0 Å². The number of aromatic amines is 1. The molecule has 7 rings (SSSR count). The number of aromatic nitrogens is 2. The van der Waals surface area contributed by atoms with E-state index < -0.39 is 29.5 Å². The predicted octanol–water partition coefficient (Wildman–Crippen LogP) is 8.48. The van der Waals surface area contributed by atoms with E-state index in [1.807, 2.05) is 97.3 Å². The number of H-pyrrole nitrogens is 1. The third-order valence-electron chi connectivity index (χ3n) is 14.2. The average Bonchev–Trinajstić information content (AvgIpc) is 3.99. The normalized spacial score (nSPS) is 16.9. The number of anilines is 1. The molecular formula is C58H75N7O8S. The number of carbonyl (C=O) groups is 3. The highest BCUT2D eigenvalue weighted by Gasteiger charge is 2.43. The lowest BCUT2D eigenvalue weighted by molar-refractivity contribution is -0.141. The van der Waals surface area contributed by atoms with Gasteiger partial charge in [-0.25, -0.2) is 4.98 Å². The van der Waals surface area contributed by atoms with Crippen molar-refractivity contribution in [3.05, 3.63) is 134 Å². The van der Waals surface area contributed by atoms with Crippen molar-refractivity contribution < 1.29 is 33.7 Å². The number of ether oxygens (including phenoxy) is 3. The maximum atomic E-state index is 14.3. The molecule has 2 saturated heterocycles. The smallest absolute Gasteiger partial charge is 0.253 e. The van der Waals surface area contributed by atoms with E-state index in [0.29, 0.717) is 55.2 Å². The number of likely N-dealkylation sites (tertiary alicyclic amines) is 1. The van der Waals surface area contributed by atoms with E-state index in [0.717, 1.165) is 74.7 Å². The molecule has 0 saturated carbocycles. The van der Waals surface area contributed by atoms with Crippen LogP contribution in [0.3, 0.4) is 0 Å². The Labute approximate surface area is 440 Å². The number of rotatable bonds is 21. The molecule has 4 atom stereocenters. The zero-order valence-corrected chi connectivity index (χ0v) is 45.4. The van der Waals surface area contributed by atoms with Gasteiger partial charge in [0.2, 0.25) is 11.8 Å². The third kappa shape index (κ3) is 13.7. The van der Waals surface area contributed by atoms with Gasteiger partial charge in [-0.15, -0.1) is 11.3 Å². The van der Waals surface area contributed by atoms with Gasteiger partial charge in [-0.3, -0.25) is 19.2 Å². The lowest BCUT2D eigenvalue weighted by Crippen LogP contribution is -2.57. The summed E-state index contributed by atoms with van der Waals surface area (Å²) in [6.45, 7) is 24.6. The number of carbonyl (C=O) groups excluding carboxylic acids is 3. The first kappa shape index (κ1) is 55.4. The largest absolute Gasteiger partial charge is 0.494 e. The number of thiazole rings is 1. The molecule has 0 spiro atoms. The fourth-order valence-electron chi connectivity index (χ4n) is 10.0. The van der Waals surface area contributed by atoms with Gasteiger partial charge in [-0.05, 0) is 124 Å². The molecular weight excluding hydrogens is 955 g/mol. The second-order valence-corrected chi connectivity index (χ2v) is 21.6. The minimum atomic E-state index is -0.876. The van der Waals surface area contributed by atoms with Gasteiger partial charge in [0.25, 0.3) is 11.5 Å². The molecule has 2 aliphatic heterocycles. The van der Waals surface area contributed by atoms with Crippen LogP contribution in [0.2, 0.25) is 0 Å². The molecule has 2 aliphatic rings. The molecule has 0 aliphatic carbocycles. The maximum Gasteiger partial charge on any atom is 0.253 e. The Morgan fingerprint density at radius 1 is 0.973 bits per heavy atom. The van der Waals surface area contributed by atoms with E-state index in [4.69, 9.17) is 14.2 Å². The summed E-state index contributed by atoms with van der Waals surface area (Å²) in [6, 6.07) is 20.8. The van der Waals surface area contributed by atoms with Crippen LogP contribution < -0.4 is 31.1 Å². The number of hydrogen-bond acceptors (Lipinski definition) is 12. The highest BCUT2D eigenvalue weighted by molar-refractivity contribution is 7.13. The maximum absolute atomic E-state index is 14.3. The molecule has 396 valence electrons. The van der Waals surface area contributed by atoms with Crippen molar-refractivity contribution in [3.63, 3.8) is 0 Å². The monoisotopic (exact) mass is 1030 g/mol. The minimum Gasteiger partial charge on any atom is -0.494 e. The SMILES string of the molecule is C=C(N[C@@H](C)c1ccc(-c2scnc2C)cc1)[C@@H]1C[C@@H](O)CN1C(=O)[C@@H](NC(=O)COCCCOc1ccc(-c2cc(C(=O)NCc3c(C)cc(C)[nH]c3=O)c(C)c(N(CC)C3CCOCC3)c2)cc1)C(C)(C)C. The zero-order chi connectivity index (χ0) is 53.3. The molecule has 5 N–H and O–H groups in total. The lowest BCUT2D eigenvalue weighted by Gasteiger charge is -2.37. The summed E-state index contributed by atoms with van der Waals surface area (Å²) in [7, 11) is 0. The van der Waals surface area contributed by atoms with Gasteiger partial charge in [0.1, 0.15) is 18.4 Å². The Bertz CT molecular complexity index is 2810. The molecule has 4 heterocycles. The number of pyridine rings is 1. The van der Waals surface area contributed by atoms with Gasteiger partial charge in [-0.2, -0.15) is 0 Å². The van der Waals surface area contributed by atoms with Crippen LogP contribution >= 0.6 is 11.3 Å². The number of aryl methyl sites for hydroxylation is 3. The Balaban J connectivity index is 0.916. The van der Waals surface area contributed by atoms with Crippen molar-refractivity contribution >= 4 is 34.7 Å². The number of aliphatic hydroxyl groups is 1. The molecule has 0 unspecified atom stereocenters. The van der Waals surface area contributed by atoms with E-state index >= 15 is 0 Å². The summed E-state index contributed by atoms with van der Waals surface area (Å²) in [4.78, 5) is 66.7. The van der Waals surface area contributed by atoms with Crippen molar-refractivity contribution in [2.24, 2.45) is 5.41 Å². The van der Waals surface area contributed by atoms with E-state index in [1.165, 1.54) is 0 Å². The standard InChI is InChI=1S/C58H75N7O8S/c1-11-64(45-21-25-71-26-22-45)50-29-44(28-48(37(50)4)55(68)59-31-49-35(2)27-36(3)61-56(49)69)42-17-19-47(20-18-42)73-24-12-23-72-33-52(67)63-54(58(8,9)10)57(70)65-32-46(66)30-51(65)39(6)62-38(5)41-13-15-43(16-14-41)53-40(7)60-34-74-53/h13-20,27-29,34,38,45-46,51,54,62,66H,6,11-12,21-26,30-33H2,1-5,7-10H3,(H,59,68)(H,61,69)(H,63,67)/t38-,46+,51-,54+/m0/s1. The number of benzene rings is 3. The van der Waals surface area contributed by atoms with Crippen molar-refractivity contribution in [2.75, 3.05) is 51.0 Å². The van der Waals surface area contributed by atoms with Crippen LogP contribution in [0.5, 0.6) is 5.75 Å². The van der Waals surface area contributed by atoms with Crippen LogP contribution in [0.1, 0.15) is 110 Å². The van der Waals surface area contributed by atoms with Gasteiger partial charge >= 0.3 is 0 Å². The fraction of sp³-hybridized carbons (Fsp3) is 0.466. The summed E-state index contributed by atoms with van der Waals surface area (Å²) in [5.41, 5.74) is 11.1. The highest BCUT2D eigenvalue weighted by Crippen LogP contribution is 2.35. The van der Waals surface area contributed by atoms with Crippen LogP contribution in [0.15, 0.2) is 89.3 Å². The molecule has 3 amide bonds. The first-order valence-corrected chi connectivity index (χ1v) is 26.7. The van der Waals surface area contributed by atoms with Crippen molar-refractivity contribution in [2.45, 2.75) is 125 Å². The van der Waals surface area contributed by atoms with E-state index in [1.54, 1.807) is 16.2 Å². The summed E-state index contributed by atoms with van der Waals surface area (Å²) < 4.78 is 17.5. The van der Waals surface area contributed by atoms with Gasteiger partial charge in [-0.1, -0.05) is 63.7 Å². The second kappa shape index (κ2) is 24.8. The van der Waals surface area contributed by atoms with Crippen LogP contribution in [0.4, 0.5) is 5.69 Å². The van der Waals surface area contributed by atoms with Crippen molar-refractivity contribution in [1.29, 1.82) is 0 Å². The Morgan fingerprint density at radius 3 is 2.32 bits per heavy atom. The van der Waals surface area contributed by atoms with E-state index in [9.17, 15) is 24.3 Å². The number of β-amino-alcohol motifs (C(OH)–C–C–N with tert-alkyl or cyclic N) is 1. The number of amides is 3. The number of nitrogens with one attached hydrogen (secondary N) is 4. The minimum absolute atomic E-state index is 0.105. The Morgan fingerprint density at radius 2 is 1.68 bits per heavy atom. The zero-order valence-electron chi connectivity index (χ0n) is 44.6. The number of nitrogens with zero attached hydrogens (tertiary/aromatic N) is 3. The van der Waals surface area contributed by atoms with Crippen molar-refractivity contribution in [3.8, 4) is 27.3 Å². The van der Waals surface area contributed by atoms with Gasteiger partial charge in [0.05, 0.1) is 41.4 Å². The molecule has 2 aromatic heterocycles. The van der Waals surface area contributed by atoms with Gasteiger partial charge in [0, 0.05) is 86.0 Å². The van der Waals surface area contributed by atoms with Crippen LogP contribution in [0, 0.1) is 33.1 Å². The first-order valence-electron chi connectivity index (χ1n) is 25.8. The quantitative estimate of drug-likeness (QED) is 0.0444. The van der Waals surface area contributed by atoms with Crippen LogP contribution in [-0.2, 0) is 25.6 Å². The predicted molar refractivity (Wildman–Crippen MR) is 293 cm³/mol. The first-order chi connectivity index (χ1) is 35.3. The number of aliphatic hydroxyl groups excluding tert-OH is 1. The molecule has 5 aromatic rings. The summed E-state index contributed by atoms with van der Waals surface area (Å²) in [5.74, 6) is -0.302. The lowest BCUT2D eigenvalue weighted by atomic mass is 9.85. The molecule has 2 fully saturated rings. The summed E-state index contributed by atoms with van der Waals surface area (Å²) in [6.07, 6.45) is 1.90. The topological polar surface area (TPSA) is 187 Å². The Kier molecular flexibility index (Phi) is 18.6. The Hall–Kier alpha value is -6.33. The second-order valence-electron chi connectivity index (χ2n) is 20.7. The fourth-order valence-corrected chi connectivity index (χ4v) is 10.8. The summed E-state index contributed by atoms with van der Waals surface area (Å²) in [5, 5.41) is 20.2. The van der Waals surface area contributed by atoms with Gasteiger partial charge < -0.3 is 50.1 Å². The average molecular weight is 1030 g/mol. The molecule has 0 bridgehead atoms. The molecule has 16 heteroatoms. The van der Waals surface area contributed by atoms with Crippen molar-refractivity contribution in [1.82, 2.24) is 30.8 Å². The molecule has 15 nitrogen and oxygen atoms in total. The number of hydrogen-bond donors (Lipinski definition) is 5. The third-order valence-corrected chi connectivity index (χ3v) is 15.1. The van der Waals surface area contributed by atoms with Crippen LogP contribution in [0.25, 0.3) is 21.6 Å². The van der Waals surface area contributed by atoms with Crippen LogP contribution in [-0.4, -0.2) is 108 Å². The molecule has 3 aromatic carbocycles. The molecule has 0 radical (unpaired) electrons. The molecule has 74 heavy (non-hydrogen) atoms. The highest BCUT2D eigenvalue weighted by atomic mass is 32.1.